The molecule has 0 saturated heterocycles. The standard InChI is InChI=1S/C11H15N3O/c1-8-3-4-14(13-8)7-10-5-11(6-12)15-9(10)2/h3-5H,6-7,12H2,1-2H3. The van der Waals surface area contributed by atoms with Crippen LogP contribution in [0.1, 0.15) is 22.8 Å². The van der Waals surface area contributed by atoms with Gasteiger partial charge in [0.15, 0.2) is 0 Å². The zero-order valence-corrected chi connectivity index (χ0v) is 9.03. The third kappa shape index (κ3) is 2.10. The first-order valence-electron chi connectivity index (χ1n) is 4.97. The summed E-state index contributed by atoms with van der Waals surface area (Å²) in [7, 11) is 0. The van der Waals surface area contributed by atoms with Gasteiger partial charge in [-0.15, -0.1) is 0 Å². The quantitative estimate of drug-likeness (QED) is 0.828. The molecule has 0 atom stereocenters. The first kappa shape index (κ1) is 9.98. The molecule has 0 unspecified atom stereocenters. The van der Waals surface area contributed by atoms with Crippen molar-refractivity contribution in [2.45, 2.75) is 26.9 Å². The molecule has 80 valence electrons. The second kappa shape index (κ2) is 3.90. The molecule has 0 aliphatic carbocycles. The summed E-state index contributed by atoms with van der Waals surface area (Å²) in [6, 6.07) is 3.98. The van der Waals surface area contributed by atoms with E-state index in [9.17, 15) is 0 Å². The van der Waals surface area contributed by atoms with Gasteiger partial charge < -0.3 is 10.2 Å². The summed E-state index contributed by atoms with van der Waals surface area (Å²) in [5.74, 6) is 1.75. The van der Waals surface area contributed by atoms with Crippen LogP contribution in [-0.2, 0) is 13.1 Å². The van der Waals surface area contributed by atoms with Gasteiger partial charge in [-0.1, -0.05) is 0 Å². The summed E-state index contributed by atoms with van der Waals surface area (Å²) in [6.07, 6.45) is 1.96. The number of rotatable bonds is 3. The fourth-order valence-electron chi connectivity index (χ4n) is 1.57. The summed E-state index contributed by atoms with van der Waals surface area (Å²) < 4.78 is 7.37. The van der Waals surface area contributed by atoms with Gasteiger partial charge in [-0.25, -0.2) is 0 Å². The van der Waals surface area contributed by atoms with E-state index >= 15 is 0 Å². The van der Waals surface area contributed by atoms with Gasteiger partial charge in [0.05, 0.1) is 18.8 Å². The van der Waals surface area contributed by atoms with Crippen molar-refractivity contribution in [1.82, 2.24) is 9.78 Å². The van der Waals surface area contributed by atoms with E-state index in [4.69, 9.17) is 10.2 Å². The van der Waals surface area contributed by atoms with Crippen molar-refractivity contribution in [3.8, 4) is 0 Å². The fraction of sp³-hybridized carbons (Fsp3) is 0.364. The van der Waals surface area contributed by atoms with Crippen LogP contribution in [0.25, 0.3) is 0 Å². The molecule has 0 aliphatic rings. The third-order valence-corrected chi connectivity index (χ3v) is 2.38. The summed E-state index contributed by atoms with van der Waals surface area (Å²) in [6.45, 7) is 5.11. The number of furan rings is 1. The van der Waals surface area contributed by atoms with Crippen molar-refractivity contribution < 1.29 is 4.42 Å². The van der Waals surface area contributed by atoms with Crippen LogP contribution < -0.4 is 5.73 Å². The number of hydrogen-bond donors (Lipinski definition) is 1. The Morgan fingerprint density at radius 1 is 1.47 bits per heavy atom. The van der Waals surface area contributed by atoms with Crippen LogP contribution in [0.2, 0.25) is 0 Å². The SMILES string of the molecule is Cc1ccn(Cc2cc(CN)oc2C)n1. The first-order valence-corrected chi connectivity index (χ1v) is 4.97. The summed E-state index contributed by atoms with van der Waals surface area (Å²) in [5.41, 5.74) is 7.67. The lowest BCUT2D eigenvalue weighted by atomic mass is 10.2. The van der Waals surface area contributed by atoms with E-state index in [0.29, 0.717) is 6.54 Å². The average Bonchev–Trinajstić information content (AvgIpc) is 2.75. The van der Waals surface area contributed by atoms with E-state index < -0.39 is 0 Å². The molecule has 15 heavy (non-hydrogen) atoms. The maximum Gasteiger partial charge on any atom is 0.118 e. The van der Waals surface area contributed by atoms with Crippen LogP contribution >= 0.6 is 0 Å². The topological polar surface area (TPSA) is 57.0 Å². The highest BCUT2D eigenvalue weighted by Crippen LogP contribution is 2.15. The maximum atomic E-state index is 5.51. The summed E-state index contributed by atoms with van der Waals surface area (Å²) in [5, 5.41) is 4.33. The highest BCUT2D eigenvalue weighted by molar-refractivity contribution is 5.21. The Labute approximate surface area is 88.7 Å². The van der Waals surface area contributed by atoms with Crippen molar-refractivity contribution in [3.05, 3.63) is 41.1 Å². The van der Waals surface area contributed by atoms with Crippen molar-refractivity contribution in [2.75, 3.05) is 0 Å². The van der Waals surface area contributed by atoms with Crippen molar-refractivity contribution in [3.63, 3.8) is 0 Å². The minimum absolute atomic E-state index is 0.443. The van der Waals surface area contributed by atoms with Gasteiger partial charge in [0.2, 0.25) is 0 Å². The number of nitrogens with zero attached hydrogens (tertiary/aromatic N) is 2. The molecule has 0 aliphatic heterocycles. The van der Waals surface area contributed by atoms with Crippen LogP contribution in [0.3, 0.4) is 0 Å². The molecule has 2 rings (SSSR count). The van der Waals surface area contributed by atoms with Gasteiger partial charge in [0.1, 0.15) is 11.5 Å². The van der Waals surface area contributed by atoms with Crippen LogP contribution in [0, 0.1) is 13.8 Å². The third-order valence-electron chi connectivity index (χ3n) is 2.38. The highest BCUT2D eigenvalue weighted by atomic mass is 16.3. The van der Waals surface area contributed by atoms with Crippen molar-refractivity contribution >= 4 is 0 Å². The summed E-state index contributed by atoms with van der Waals surface area (Å²) in [4.78, 5) is 0. The summed E-state index contributed by atoms with van der Waals surface area (Å²) >= 11 is 0. The Morgan fingerprint density at radius 2 is 2.27 bits per heavy atom. The number of nitrogens with two attached hydrogens (primary N) is 1. The van der Waals surface area contributed by atoms with Gasteiger partial charge in [-0.2, -0.15) is 5.10 Å². The molecule has 2 aromatic heterocycles. The van der Waals surface area contributed by atoms with Crippen LogP contribution in [-0.4, -0.2) is 9.78 Å². The molecule has 0 aromatic carbocycles. The molecule has 0 saturated carbocycles. The molecule has 4 nitrogen and oxygen atoms in total. The molecule has 0 fully saturated rings. The minimum atomic E-state index is 0.443. The van der Waals surface area contributed by atoms with Gasteiger partial charge in [0, 0.05) is 11.8 Å². The van der Waals surface area contributed by atoms with Gasteiger partial charge in [-0.3, -0.25) is 4.68 Å². The van der Waals surface area contributed by atoms with E-state index in [1.165, 1.54) is 0 Å². The minimum Gasteiger partial charge on any atom is -0.465 e. The maximum absolute atomic E-state index is 5.51. The van der Waals surface area contributed by atoms with Crippen molar-refractivity contribution in [2.24, 2.45) is 5.73 Å². The Bertz CT molecular complexity index is 456. The molecular weight excluding hydrogens is 190 g/mol. The van der Waals surface area contributed by atoms with E-state index in [1.807, 2.05) is 36.9 Å². The van der Waals surface area contributed by atoms with Crippen LogP contribution in [0.4, 0.5) is 0 Å². The second-order valence-electron chi connectivity index (χ2n) is 3.65. The Morgan fingerprint density at radius 3 is 2.80 bits per heavy atom. The molecule has 2 N–H and O–H groups in total. The molecule has 2 aromatic rings. The lowest BCUT2D eigenvalue weighted by Gasteiger charge is -1.98. The largest absolute Gasteiger partial charge is 0.465 e. The predicted molar refractivity (Wildman–Crippen MR) is 57.4 cm³/mol. The molecule has 0 spiro atoms. The molecule has 0 amide bonds. The number of hydrogen-bond acceptors (Lipinski definition) is 3. The predicted octanol–water partition coefficient (Wildman–Crippen LogP) is 1.60. The monoisotopic (exact) mass is 205 g/mol. The van der Waals surface area contributed by atoms with E-state index in [0.717, 1.165) is 29.3 Å². The molecule has 4 heteroatoms. The zero-order chi connectivity index (χ0) is 10.8. The first-order chi connectivity index (χ1) is 7.19. The van der Waals surface area contributed by atoms with Gasteiger partial charge in [-0.05, 0) is 26.0 Å². The smallest absolute Gasteiger partial charge is 0.118 e. The number of aromatic nitrogens is 2. The molecular formula is C11H15N3O. The van der Waals surface area contributed by atoms with Crippen LogP contribution in [0.15, 0.2) is 22.7 Å². The Hall–Kier alpha value is -1.55. The highest BCUT2D eigenvalue weighted by Gasteiger charge is 2.07. The van der Waals surface area contributed by atoms with E-state index in [1.54, 1.807) is 0 Å². The van der Waals surface area contributed by atoms with E-state index in [-0.39, 0.29) is 0 Å². The van der Waals surface area contributed by atoms with Gasteiger partial charge >= 0.3 is 0 Å². The van der Waals surface area contributed by atoms with Crippen LogP contribution in [0.5, 0.6) is 0 Å². The Kier molecular flexibility index (Phi) is 2.60. The lowest BCUT2D eigenvalue weighted by Crippen LogP contribution is -2.00. The van der Waals surface area contributed by atoms with Crippen molar-refractivity contribution in [1.29, 1.82) is 0 Å². The second-order valence-corrected chi connectivity index (χ2v) is 3.65. The molecule has 0 radical (unpaired) electrons. The zero-order valence-electron chi connectivity index (χ0n) is 9.03. The molecule has 2 heterocycles. The molecule has 0 bridgehead atoms. The van der Waals surface area contributed by atoms with E-state index in [2.05, 4.69) is 5.10 Å². The number of aryl methyl sites for hydroxylation is 2. The lowest BCUT2D eigenvalue weighted by molar-refractivity contribution is 0.481. The average molecular weight is 205 g/mol. The fourth-order valence-corrected chi connectivity index (χ4v) is 1.57. The Balaban J connectivity index is 2.20. The van der Waals surface area contributed by atoms with Gasteiger partial charge in [0.25, 0.3) is 0 Å². The normalized spacial score (nSPS) is 10.9.